The monoisotopic (exact) mass is 299 g/mol. The maximum absolute atomic E-state index is 4.28. The van der Waals surface area contributed by atoms with Crippen LogP contribution < -0.4 is 0 Å². The summed E-state index contributed by atoms with van der Waals surface area (Å²) in [6, 6.07) is 8.70. The molecule has 0 saturated heterocycles. The molecule has 0 unspecified atom stereocenters. The summed E-state index contributed by atoms with van der Waals surface area (Å²) in [5, 5.41) is 8.52. The van der Waals surface area contributed by atoms with Crippen LogP contribution in [0.1, 0.15) is 65.1 Å². The standard InChI is InChI=1S/C19H29N3/c1-15(2)8-6-7-9-16-10-12-17(13-11-16)22-14-18(20-21-22)19(3,4)5/h10-15H,6-9H2,1-5H3. The normalized spacial score (nSPS) is 12.1. The van der Waals surface area contributed by atoms with E-state index in [2.05, 4.69) is 69.2 Å². The smallest absolute Gasteiger partial charge is 0.0885 e. The lowest BCUT2D eigenvalue weighted by Crippen LogP contribution is -2.11. The van der Waals surface area contributed by atoms with Crippen LogP contribution in [0.15, 0.2) is 30.5 Å². The maximum Gasteiger partial charge on any atom is 0.0885 e. The predicted molar refractivity (Wildman–Crippen MR) is 92.5 cm³/mol. The van der Waals surface area contributed by atoms with Crippen molar-refractivity contribution in [3.63, 3.8) is 0 Å². The average Bonchev–Trinajstić information content (AvgIpc) is 2.94. The molecule has 0 fully saturated rings. The van der Waals surface area contributed by atoms with Crippen LogP contribution in [-0.4, -0.2) is 15.0 Å². The second-order valence-corrected chi connectivity index (χ2v) is 7.60. The molecule has 0 aliphatic carbocycles. The molecule has 0 amide bonds. The van der Waals surface area contributed by atoms with E-state index >= 15 is 0 Å². The van der Waals surface area contributed by atoms with Gasteiger partial charge in [-0.2, -0.15) is 0 Å². The van der Waals surface area contributed by atoms with Crippen molar-refractivity contribution in [2.45, 2.75) is 65.7 Å². The first-order chi connectivity index (χ1) is 10.4. The molecule has 2 rings (SSSR count). The van der Waals surface area contributed by atoms with E-state index in [-0.39, 0.29) is 5.41 Å². The zero-order chi connectivity index (χ0) is 16.2. The Labute approximate surface area is 134 Å². The van der Waals surface area contributed by atoms with Crippen molar-refractivity contribution in [1.29, 1.82) is 0 Å². The fourth-order valence-corrected chi connectivity index (χ4v) is 2.43. The molecule has 22 heavy (non-hydrogen) atoms. The second kappa shape index (κ2) is 7.08. The zero-order valence-corrected chi connectivity index (χ0v) is 14.6. The lowest BCUT2D eigenvalue weighted by atomic mass is 9.93. The molecule has 3 heteroatoms. The van der Waals surface area contributed by atoms with Crippen molar-refractivity contribution in [1.82, 2.24) is 15.0 Å². The second-order valence-electron chi connectivity index (χ2n) is 7.60. The van der Waals surface area contributed by atoms with Crippen LogP contribution in [0.2, 0.25) is 0 Å². The van der Waals surface area contributed by atoms with E-state index in [1.54, 1.807) is 0 Å². The van der Waals surface area contributed by atoms with Crippen molar-refractivity contribution in [2.24, 2.45) is 5.92 Å². The Balaban J connectivity index is 1.95. The summed E-state index contributed by atoms with van der Waals surface area (Å²) >= 11 is 0. The lowest BCUT2D eigenvalue weighted by molar-refractivity contribution is 0.538. The average molecular weight is 299 g/mol. The topological polar surface area (TPSA) is 30.7 Å². The third-order valence-electron chi connectivity index (χ3n) is 3.96. The summed E-state index contributed by atoms with van der Waals surface area (Å²) in [6.45, 7) is 11.0. The Morgan fingerprint density at radius 1 is 1.05 bits per heavy atom. The summed E-state index contributed by atoms with van der Waals surface area (Å²) < 4.78 is 1.86. The van der Waals surface area contributed by atoms with Crippen LogP contribution in [0.5, 0.6) is 0 Å². The van der Waals surface area contributed by atoms with Gasteiger partial charge in [0.05, 0.1) is 17.6 Å². The molecule has 3 nitrogen and oxygen atoms in total. The molecular weight excluding hydrogens is 270 g/mol. The maximum atomic E-state index is 4.28. The fourth-order valence-electron chi connectivity index (χ4n) is 2.43. The number of aryl methyl sites for hydroxylation is 1. The van der Waals surface area contributed by atoms with Crippen molar-refractivity contribution >= 4 is 0 Å². The molecule has 0 spiro atoms. The van der Waals surface area contributed by atoms with E-state index in [0.29, 0.717) is 0 Å². The molecule has 1 aromatic heterocycles. The molecular formula is C19H29N3. The van der Waals surface area contributed by atoms with Gasteiger partial charge in [-0.15, -0.1) is 5.10 Å². The summed E-state index contributed by atoms with van der Waals surface area (Å²) in [5.74, 6) is 0.812. The van der Waals surface area contributed by atoms with Gasteiger partial charge in [-0.05, 0) is 36.5 Å². The van der Waals surface area contributed by atoms with Gasteiger partial charge in [0.2, 0.25) is 0 Å². The van der Waals surface area contributed by atoms with Crippen molar-refractivity contribution in [3.05, 3.63) is 41.7 Å². The van der Waals surface area contributed by atoms with Gasteiger partial charge >= 0.3 is 0 Å². The van der Waals surface area contributed by atoms with Gasteiger partial charge in [0, 0.05) is 5.41 Å². The van der Waals surface area contributed by atoms with Crippen molar-refractivity contribution < 1.29 is 0 Å². The number of unbranched alkanes of at least 4 members (excludes halogenated alkanes) is 1. The SMILES string of the molecule is CC(C)CCCCc1ccc(-n2cc(C(C)(C)C)nn2)cc1. The van der Waals surface area contributed by atoms with Crippen LogP contribution in [0.3, 0.4) is 0 Å². The minimum atomic E-state index is 0.0363. The van der Waals surface area contributed by atoms with Gasteiger partial charge in [-0.3, -0.25) is 0 Å². The minimum absolute atomic E-state index is 0.0363. The number of rotatable bonds is 6. The highest BCUT2D eigenvalue weighted by Gasteiger charge is 2.18. The van der Waals surface area contributed by atoms with Crippen LogP contribution in [-0.2, 0) is 11.8 Å². The predicted octanol–water partition coefficient (Wildman–Crippen LogP) is 4.93. The lowest BCUT2D eigenvalue weighted by Gasteiger charge is -2.12. The van der Waals surface area contributed by atoms with Crippen LogP contribution in [0.25, 0.3) is 5.69 Å². The first-order valence-corrected chi connectivity index (χ1v) is 8.38. The van der Waals surface area contributed by atoms with Gasteiger partial charge in [-0.1, -0.05) is 64.8 Å². The highest BCUT2D eigenvalue weighted by molar-refractivity contribution is 5.34. The molecule has 2 aromatic rings. The third-order valence-corrected chi connectivity index (χ3v) is 3.96. The Hall–Kier alpha value is -1.64. The Morgan fingerprint density at radius 3 is 2.27 bits per heavy atom. The highest BCUT2D eigenvalue weighted by atomic mass is 15.4. The molecule has 1 aromatic carbocycles. The van der Waals surface area contributed by atoms with Crippen molar-refractivity contribution in [2.75, 3.05) is 0 Å². The van der Waals surface area contributed by atoms with E-state index in [1.807, 2.05) is 10.9 Å². The van der Waals surface area contributed by atoms with Crippen LogP contribution in [0, 0.1) is 5.92 Å². The molecule has 0 aliphatic rings. The quantitative estimate of drug-likeness (QED) is 0.708. The Bertz CT molecular complexity index is 573. The molecule has 0 N–H and O–H groups in total. The summed E-state index contributed by atoms with van der Waals surface area (Å²) in [4.78, 5) is 0. The van der Waals surface area contributed by atoms with Gasteiger partial charge in [0.25, 0.3) is 0 Å². The Kier molecular flexibility index (Phi) is 5.38. The molecule has 0 aliphatic heterocycles. The summed E-state index contributed by atoms with van der Waals surface area (Å²) in [5.41, 5.74) is 3.54. The number of benzene rings is 1. The third kappa shape index (κ3) is 4.69. The van der Waals surface area contributed by atoms with E-state index < -0.39 is 0 Å². The van der Waals surface area contributed by atoms with Gasteiger partial charge in [-0.25, -0.2) is 4.68 Å². The minimum Gasteiger partial charge on any atom is -0.220 e. The largest absolute Gasteiger partial charge is 0.220 e. The fraction of sp³-hybridized carbons (Fsp3) is 0.579. The number of nitrogens with zero attached hydrogens (tertiary/aromatic N) is 3. The number of aromatic nitrogens is 3. The molecule has 0 atom stereocenters. The van der Waals surface area contributed by atoms with E-state index in [9.17, 15) is 0 Å². The molecule has 0 radical (unpaired) electrons. The zero-order valence-electron chi connectivity index (χ0n) is 14.6. The van der Waals surface area contributed by atoms with Crippen LogP contribution >= 0.6 is 0 Å². The summed E-state index contributed by atoms with van der Waals surface area (Å²) in [7, 11) is 0. The summed E-state index contributed by atoms with van der Waals surface area (Å²) in [6.07, 6.45) is 7.11. The number of hydrogen-bond donors (Lipinski definition) is 0. The van der Waals surface area contributed by atoms with Gasteiger partial charge in [0.15, 0.2) is 0 Å². The first kappa shape index (κ1) is 16.7. The molecule has 0 saturated carbocycles. The molecule has 0 bridgehead atoms. The highest BCUT2D eigenvalue weighted by Crippen LogP contribution is 2.20. The molecule has 120 valence electrons. The van der Waals surface area contributed by atoms with E-state index in [0.717, 1.165) is 23.7 Å². The van der Waals surface area contributed by atoms with E-state index in [4.69, 9.17) is 0 Å². The van der Waals surface area contributed by atoms with Gasteiger partial charge in [0.1, 0.15) is 0 Å². The van der Waals surface area contributed by atoms with E-state index in [1.165, 1.54) is 24.8 Å². The first-order valence-electron chi connectivity index (χ1n) is 8.38. The van der Waals surface area contributed by atoms with Crippen LogP contribution in [0.4, 0.5) is 0 Å². The van der Waals surface area contributed by atoms with Crippen molar-refractivity contribution in [3.8, 4) is 5.69 Å². The molecule has 1 heterocycles. The Morgan fingerprint density at radius 2 is 1.73 bits per heavy atom. The van der Waals surface area contributed by atoms with Gasteiger partial charge < -0.3 is 0 Å². The number of hydrogen-bond acceptors (Lipinski definition) is 2.